The van der Waals surface area contributed by atoms with E-state index in [0.29, 0.717) is 25.9 Å². The summed E-state index contributed by atoms with van der Waals surface area (Å²) in [5.74, 6) is -0.353. The lowest BCUT2D eigenvalue weighted by Gasteiger charge is -2.51. The summed E-state index contributed by atoms with van der Waals surface area (Å²) in [6, 6.07) is 0. The van der Waals surface area contributed by atoms with Gasteiger partial charge in [-0.25, -0.2) is 0 Å². The predicted octanol–water partition coefficient (Wildman–Crippen LogP) is 0.106. The standard InChI is InChI=1S/C11H18O5/c1-14-8-5-10(6-8,9(12)15-2)11(13)3-4-16-7-11/h8,13H,3-7H2,1-2H3. The van der Waals surface area contributed by atoms with Crippen molar-refractivity contribution >= 4 is 5.97 Å². The van der Waals surface area contributed by atoms with Gasteiger partial charge in [0.1, 0.15) is 11.0 Å². The molecule has 0 radical (unpaired) electrons. The van der Waals surface area contributed by atoms with E-state index < -0.39 is 11.0 Å². The van der Waals surface area contributed by atoms with E-state index in [2.05, 4.69) is 0 Å². The molecular weight excluding hydrogens is 212 g/mol. The molecule has 1 saturated carbocycles. The maximum absolute atomic E-state index is 11.9. The van der Waals surface area contributed by atoms with Crippen LogP contribution in [0.25, 0.3) is 0 Å². The minimum atomic E-state index is -1.09. The van der Waals surface area contributed by atoms with Gasteiger partial charge < -0.3 is 19.3 Å². The first kappa shape index (κ1) is 11.8. The van der Waals surface area contributed by atoms with Gasteiger partial charge >= 0.3 is 5.97 Å². The molecule has 0 spiro atoms. The summed E-state index contributed by atoms with van der Waals surface area (Å²) in [5.41, 5.74) is -1.92. The second-order valence-corrected chi connectivity index (χ2v) is 4.67. The summed E-state index contributed by atoms with van der Waals surface area (Å²) in [6.45, 7) is 0.700. The Labute approximate surface area is 94.7 Å². The molecule has 1 atom stereocenters. The average Bonchev–Trinajstić information content (AvgIpc) is 2.64. The van der Waals surface area contributed by atoms with Gasteiger partial charge in [-0.1, -0.05) is 0 Å². The molecule has 0 aromatic rings. The highest BCUT2D eigenvalue weighted by Crippen LogP contribution is 2.54. The third-order valence-corrected chi connectivity index (χ3v) is 3.95. The van der Waals surface area contributed by atoms with Crippen molar-refractivity contribution in [2.75, 3.05) is 27.4 Å². The van der Waals surface area contributed by atoms with Crippen molar-refractivity contribution in [1.29, 1.82) is 0 Å². The third kappa shape index (κ3) is 1.46. The van der Waals surface area contributed by atoms with E-state index >= 15 is 0 Å². The van der Waals surface area contributed by atoms with Crippen LogP contribution in [0.1, 0.15) is 19.3 Å². The maximum Gasteiger partial charge on any atom is 0.315 e. The summed E-state index contributed by atoms with van der Waals surface area (Å²) in [6.07, 6.45) is 1.54. The van der Waals surface area contributed by atoms with Gasteiger partial charge in [0.05, 0.1) is 19.8 Å². The van der Waals surface area contributed by atoms with Crippen molar-refractivity contribution in [3.05, 3.63) is 0 Å². The zero-order valence-electron chi connectivity index (χ0n) is 9.69. The molecule has 0 bridgehead atoms. The lowest BCUT2D eigenvalue weighted by Crippen LogP contribution is -2.63. The summed E-state index contributed by atoms with van der Waals surface area (Å²) in [5, 5.41) is 10.5. The summed E-state index contributed by atoms with van der Waals surface area (Å²) < 4.78 is 15.2. The van der Waals surface area contributed by atoms with Crippen LogP contribution in [0, 0.1) is 5.41 Å². The van der Waals surface area contributed by atoms with Crippen molar-refractivity contribution in [2.24, 2.45) is 5.41 Å². The van der Waals surface area contributed by atoms with Crippen molar-refractivity contribution in [1.82, 2.24) is 0 Å². The molecule has 1 aliphatic heterocycles. The minimum absolute atomic E-state index is 0.0312. The minimum Gasteiger partial charge on any atom is -0.469 e. The van der Waals surface area contributed by atoms with Crippen molar-refractivity contribution in [2.45, 2.75) is 31.0 Å². The first-order valence-corrected chi connectivity index (χ1v) is 5.49. The van der Waals surface area contributed by atoms with Crippen molar-refractivity contribution in [3.8, 4) is 0 Å². The topological polar surface area (TPSA) is 65.0 Å². The van der Waals surface area contributed by atoms with E-state index in [1.807, 2.05) is 0 Å². The van der Waals surface area contributed by atoms with Gasteiger partial charge in [0.2, 0.25) is 0 Å². The Morgan fingerprint density at radius 3 is 2.56 bits per heavy atom. The van der Waals surface area contributed by atoms with Crippen LogP contribution >= 0.6 is 0 Å². The van der Waals surface area contributed by atoms with Gasteiger partial charge in [-0.3, -0.25) is 4.79 Å². The smallest absolute Gasteiger partial charge is 0.315 e. The molecule has 2 aliphatic rings. The Bertz CT molecular complexity index is 276. The molecule has 92 valence electrons. The number of hydrogen-bond acceptors (Lipinski definition) is 5. The molecule has 1 aliphatic carbocycles. The number of carbonyl (C=O) groups is 1. The highest BCUT2D eigenvalue weighted by Gasteiger charge is 2.65. The Morgan fingerprint density at radius 1 is 1.44 bits per heavy atom. The predicted molar refractivity (Wildman–Crippen MR) is 54.9 cm³/mol. The van der Waals surface area contributed by atoms with Crippen LogP contribution < -0.4 is 0 Å². The van der Waals surface area contributed by atoms with Gasteiger partial charge in [-0.15, -0.1) is 0 Å². The number of ether oxygens (including phenoxy) is 3. The van der Waals surface area contributed by atoms with E-state index in [0.717, 1.165) is 0 Å². The number of aliphatic hydroxyl groups is 1. The molecule has 5 heteroatoms. The SMILES string of the molecule is COC(=O)C1(C2(O)CCOC2)CC(OC)C1. The zero-order valence-corrected chi connectivity index (χ0v) is 9.69. The lowest BCUT2D eigenvalue weighted by molar-refractivity contribution is -0.208. The number of rotatable bonds is 3. The highest BCUT2D eigenvalue weighted by atomic mass is 16.5. The Balaban J connectivity index is 2.19. The summed E-state index contributed by atoms with van der Waals surface area (Å²) in [4.78, 5) is 11.9. The van der Waals surface area contributed by atoms with Crippen LogP contribution in [-0.2, 0) is 19.0 Å². The molecular formula is C11H18O5. The van der Waals surface area contributed by atoms with E-state index in [1.54, 1.807) is 7.11 Å². The lowest BCUT2D eigenvalue weighted by atomic mass is 9.56. The molecule has 16 heavy (non-hydrogen) atoms. The first-order chi connectivity index (χ1) is 7.58. The largest absolute Gasteiger partial charge is 0.469 e. The van der Waals surface area contributed by atoms with Crippen molar-refractivity contribution < 1.29 is 24.1 Å². The average molecular weight is 230 g/mol. The summed E-state index contributed by atoms with van der Waals surface area (Å²) in [7, 11) is 2.96. The van der Waals surface area contributed by atoms with Crippen molar-refractivity contribution in [3.63, 3.8) is 0 Å². The van der Waals surface area contributed by atoms with E-state index in [9.17, 15) is 9.90 Å². The number of carbonyl (C=O) groups excluding carboxylic acids is 1. The summed E-state index contributed by atoms with van der Waals surface area (Å²) >= 11 is 0. The van der Waals surface area contributed by atoms with Gasteiger partial charge in [0, 0.05) is 20.1 Å². The van der Waals surface area contributed by atoms with Gasteiger partial charge in [-0.05, 0) is 12.8 Å². The molecule has 0 aromatic heterocycles. The first-order valence-electron chi connectivity index (χ1n) is 5.49. The Hall–Kier alpha value is -0.650. The van der Waals surface area contributed by atoms with Crippen LogP contribution in [0.3, 0.4) is 0 Å². The van der Waals surface area contributed by atoms with Gasteiger partial charge in [-0.2, -0.15) is 0 Å². The molecule has 0 aromatic carbocycles. The third-order valence-electron chi connectivity index (χ3n) is 3.95. The van der Waals surface area contributed by atoms with Crippen LogP contribution in [0.2, 0.25) is 0 Å². The fourth-order valence-electron chi connectivity index (χ4n) is 2.75. The molecule has 1 unspecified atom stereocenters. The zero-order chi connectivity index (χ0) is 11.8. The highest BCUT2D eigenvalue weighted by molar-refractivity contribution is 5.80. The molecule has 2 rings (SSSR count). The second kappa shape index (κ2) is 3.98. The molecule has 0 amide bonds. The molecule has 1 saturated heterocycles. The Kier molecular flexibility index (Phi) is 2.94. The van der Waals surface area contributed by atoms with Crippen LogP contribution in [0.15, 0.2) is 0 Å². The second-order valence-electron chi connectivity index (χ2n) is 4.67. The fourth-order valence-corrected chi connectivity index (χ4v) is 2.75. The number of esters is 1. The molecule has 2 fully saturated rings. The van der Waals surface area contributed by atoms with Gasteiger partial charge in [0.15, 0.2) is 0 Å². The maximum atomic E-state index is 11.9. The number of methoxy groups -OCH3 is 2. The fraction of sp³-hybridized carbons (Fsp3) is 0.909. The molecule has 1 N–H and O–H groups in total. The normalized spacial score (nSPS) is 42.8. The van der Waals surface area contributed by atoms with Crippen LogP contribution in [-0.4, -0.2) is 50.2 Å². The van der Waals surface area contributed by atoms with Crippen LogP contribution in [0.5, 0.6) is 0 Å². The quantitative estimate of drug-likeness (QED) is 0.697. The van der Waals surface area contributed by atoms with E-state index in [-0.39, 0.29) is 18.7 Å². The van der Waals surface area contributed by atoms with E-state index in [1.165, 1.54) is 7.11 Å². The monoisotopic (exact) mass is 230 g/mol. The van der Waals surface area contributed by atoms with Crippen LogP contribution in [0.4, 0.5) is 0 Å². The van der Waals surface area contributed by atoms with Gasteiger partial charge in [0.25, 0.3) is 0 Å². The molecule has 5 nitrogen and oxygen atoms in total. The molecule has 1 heterocycles. The van der Waals surface area contributed by atoms with E-state index in [4.69, 9.17) is 14.2 Å². The Morgan fingerprint density at radius 2 is 2.12 bits per heavy atom. The number of hydrogen-bond donors (Lipinski definition) is 1.